The average Bonchev–Trinajstić information content (AvgIpc) is 3.43. The highest BCUT2D eigenvalue weighted by molar-refractivity contribution is 5.47. The van der Waals surface area contributed by atoms with Gasteiger partial charge in [0.25, 0.3) is 0 Å². The molecule has 0 aromatic heterocycles. The first kappa shape index (κ1) is 15.6. The van der Waals surface area contributed by atoms with E-state index in [0.29, 0.717) is 23.9 Å². The fraction of sp³-hybridized carbons (Fsp3) is 0.400. The molecule has 27 heavy (non-hydrogen) atoms. The molecule has 0 saturated carbocycles. The van der Waals surface area contributed by atoms with Crippen molar-refractivity contribution in [3.8, 4) is 23.0 Å². The van der Waals surface area contributed by atoms with Crippen LogP contribution in [-0.4, -0.2) is 37.5 Å². The second-order valence-electron chi connectivity index (χ2n) is 7.27. The summed E-state index contributed by atoms with van der Waals surface area (Å²) in [4.78, 5) is 0. The van der Waals surface area contributed by atoms with Gasteiger partial charge in [0.1, 0.15) is 11.7 Å². The Morgan fingerprint density at radius 2 is 1.41 bits per heavy atom. The van der Waals surface area contributed by atoms with Crippen molar-refractivity contribution >= 4 is 0 Å². The molecule has 7 heteroatoms. The molecular weight excluding hydrogens is 352 g/mol. The topological polar surface area (TPSA) is 75.6 Å². The molecule has 4 heterocycles. The molecule has 2 fully saturated rings. The van der Waals surface area contributed by atoms with Gasteiger partial charge in [-0.15, -0.1) is 0 Å². The molecule has 0 radical (unpaired) electrons. The fourth-order valence-corrected chi connectivity index (χ4v) is 4.43. The maximum Gasteiger partial charge on any atom is 0.231 e. The molecule has 2 aromatic rings. The Morgan fingerprint density at radius 1 is 0.778 bits per heavy atom. The summed E-state index contributed by atoms with van der Waals surface area (Å²) in [6.07, 6.45) is -0.737. The van der Waals surface area contributed by atoms with Gasteiger partial charge in [-0.1, -0.05) is 12.1 Å². The largest absolute Gasteiger partial charge is 0.454 e. The lowest BCUT2D eigenvalue weighted by molar-refractivity contribution is -0.0628. The molecule has 6 rings (SSSR count). The van der Waals surface area contributed by atoms with E-state index in [0.717, 1.165) is 16.9 Å². The molecule has 0 bridgehead atoms. The van der Waals surface area contributed by atoms with Crippen LogP contribution in [0.1, 0.15) is 23.3 Å². The number of fused-ring (bicyclic) bond motifs is 3. The summed E-state index contributed by atoms with van der Waals surface area (Å²) in [7, 11) is 0. The quantitative estimate of drug-likeness (QED) is 0.870. The highest BCUT2D eigenvalue weighted by Gasteiger charge is 2.59. The zero-order valence-corrected chi connectivity index (χ0v) is 14.4. The van der Waals surface area contributed by atoms with Crippen LogP contribution >= 0.6 is 0 Å². The van der Waals surface area contributed by atoms with Gasteiger partial charge in [0.2, 0.25) is 13.6 Å². The second-order valence-corrected chi connectivity index (χ2v) is 7.27. The summed E-state index contributed by atoms with van der Waals surface area (Å²) in [6.45, 7) is 1.06. The van der Waals surface area contributed by atoms with Crippen molar-refractivity contribution in [1.82, 2.24) is 0 Å². The summed E-state index contributed by atoms with van der Waals surface area (Å²) in [5, 5.41) is 11.4. The van der Waals surface area contributed by atoms with E-state index in [4.69, 9.17) is 28.4 Å². The fourth-order valence-electron chi connectivity index (χ4n) is 4.43. The number of rotatable bonds is 2. The van der Waals surface area contributed by atoms with Crippen LogP contribution in [0.5, 0.6) is 23.0 Å². The minimum absolute atomic E-state index is 0.173. The van der Waals surface area contributed by atoms with Gasteiger partial charge in [0, 0.05) is 5.92 Å². The Labute approximate surface area is 155 Å². The van der Waals surface area contributed by atoms with Gasteiger partial charge in [-0.25, -0.2) is 0 Å². The molecule has 1 N–H and O–H groups in total. The lowest BCUT2D eigenvalue weighted by atomic mass is 9.81. The summed E-state index contributed by atoms with van der Waals surface area (Å²) >= 11 is 0. The summed E-state index contributed by atoms with van der Waals surface area (Å²) < 4.78 is 33.7. The lowest BCUT2D eigenvalue weighted by Gasteiger charge is -2.27. The molecule has 4 aliphatic heterocycles. The van der Waals surface area contributed by atoms with E-state index in [-0.39, 0.29) is 32.2 Å². The van der Waals surface area contributed by atoms with Crippen molar-refractivity contribution < 1.29 is 33.5 Å². The van der Waals surface area contributed by atoms with Gasteiger partial charge in [0.15, 0.2) is 23.0 Å². The monoisotopic (exact) mass is 370 g/mol. The van der Waals surface area contributed by atoms with E-state index >= 15 is 0 Å². The summed E-state index contributed by atoms with van der Waals surface area (Å²) in [5.74, 6) is 2.65. The van der Waals surface area contributed by atoms with Crippen LogP contribution in [0.3, 0.4) is 0 Å². The SMILES string of the molecule is O[C@]12CO[C@H](c3ccc4c(c3)OCO4)[C@H]1CO[C@H]2c1ccc2c(c1)OCO2. The third-order valence-corrected chi connectivity index (χ3v) is 5.82. The molecule has 0 spiro atoms. The maximum atomic E-state index is 11.4. The highest BCUT2D eigenvalue weighted by Crippen LogP contribution is 2.54. The number of hydrogen-bond donors (Lipinski definition) is 1. The Balaban J connectivity index is 1.31. The van der Waals surface area contributed by atoms with Crippen molar-refractivity contribution in [3.05, 3.63) is 47.5 Å². The van der Waals surface area contributed by atoms with E-state index in [1.165, 1.54) is 0 Å². The Morgan fingerprint density at radius 3 is 2.15 bits per heavy atom. The molecule has 2 aromatic carbocycles. The van der Waals surface area contributed by atoms with E-state index in [9.17, 15) is 5.11 Å². The zero-order chi connectivity index (χ0) is 18.0. The third kappa shape index (κ3) is 2.19. The minimum atomic E-state index is -1.10. The molecule has 4 atom stereocenters. The van der Waals surface area contributed by atoms with E-state index < -0.39 is 11.7 Å². The molecule has 0 aliphatic carbocycles. The molecular formula is C20H18O7. The van der Waals surface area contributed by atoms with E-state index in [1.807, 2.05) is 36.4 Å². The van der Waals surface area contributed by atoms with Gasteiger partial charge in [-0.05, 0) is 35.4 Å². The van der Waals surface area contributed by atoms with Crippen molar-refractivity contribution in [2.75, 3.05) is 26.8 Å². The van der Waals surface area contributed by atoms with Crippen LogP contribution in [-0.2, 0) is 9.47 Å². The lowest BCUT2D eigenvalue weighted by Crippen LogP contribution is -2.39. The van der Waals surface area contributed by atoms with Crippen molar-refractivity contribution in [2.24, 2.45) is 5.92 Å². The number of ether oxygens (including phenoxy) is 6. The third-order valence-electron chi connectivity index (χ3n) is 5.82. The van der Waals surface area contributed by atoms with Crippen LogP contribution < -0.4 is 18.9 Å². The van der Waals surface area contributed by atoms with Crippen LogP contribution in [0.25, 0.3) is 0 Å². The maximum absolute atomic E-state index is 11.4. The normalized spacial score (nSPS) is 32.7. The summed E-state index contributed by atoms with van der Waals surface area (Å²) in [6, 6.07) is 11.4. The van der Waals surface area contributed by atoms with Gasteiger partial charge in [0.05, 0.1) is 19.3 Å². The second kappa shape index (κ2) is 5.51. The van der Waals surface area contributed by atoms with Gasteiger partial charge >= 0.3 is 0 Å². The molecule has 0 amide bonds. The Kier molecular flexibility index (Phi) is 3.18. The Hall–Kier alpha value is -2.48. The molecule has 2 saturated heterocycles. The first-order valence-electron chi connectivity index (χ1n) is 8.97. The van der Waals surface area contributed by atoms with Crippen LogP contribution in [0.2, 0.25) is 0 Å². The van der Waals surface area contributed by atoms with Gasteiger partial charge in [-0.2, -0.15) is 0 Å². The number of benzene rings is 2. The number of aliphatic hydroxyl groups is 1. The molecule has 140 valence electrons. The number of hydrogen-bond acceptors (Lipinski definition) is 7. The Bertz CT molecular complexity index is 913. The van der Waals surface area contributed by atoms with Crippen molar-refractivity contribution in [3.63, 3.8) is 0 Å². The zero-order valence-electron chi connectivity index (χ0n) is 14.4. The average molecular weight is 370 g/mol. The van der Waals surface area contributed by atoms with Crippen LogP contribution in [0.4, 0.5) is 0 Å². The first-order valence-corrected chi connectivity index (χ1v) is 8.97. The van der Waals surface area contributed by atoms with Crippen molar-refractivity contribution in [2.45, 2.75) is 17.8 Å². The predicted octanol–water partition coefficient (Wildman–Crippen LogP) is 2.33. The summed E-state index contributed by atoms with van der Waals surface area (Å²) in [5.41, 5.74) is 0.712. The smallest absolute Gasteiger partial charge is 0.231 e. The van der Waals surface area contributed by atoms with E-state index in [2.05, 4.69) is 0 Å². The standard InChI is InChI=1S/C20H18O7/c21-20-8-23-18(11-1-3-14-16(5-11)26-9-24-14)13(20)7-22-19(20)12-2-4-15-17(6-12)27-10-25-15/h1-6,13,18-19,21H,7-10H2/t13-,18-,19+,20-/m1/s1. The molecule has 4 aliphatic rings. The predicted molar refractivity (Wildman–Crippen MR) is 91.0 cm³/mol. The highest BCUT2D eigenvalue weighted by atomic mass is 16.7. The van der Waals surface area contributed by atoms with Gasteiger partial charge < -0.3 is 33.5 Å². The van der Waals surface area contributed by atoms with Crippen molar-refractivity contribution in [1.29, 1.82) is 0 Å². The van der Waals surface area contributed by atoms with Gasteiger partial charge in [-0.3, -0.25) is 0 Å². The van der Waals surface area contributed by atoms with Crippen LogP contribution in [0.15, 0.2) is 36.4 Å². The molecule has 7 nitrogen and oxygen atoms in total. The van der Waals surface area contributed by atoms with Crippen LogP contribution in [0, 0.1) is 5.92 Å². The first-order chi connectivity index (χ1) is 13.2. The minimum Gasteiger partial charge on any atom is -0.454 e. The van der Waals surface area contributed by atoms with E-state index in [1.54, 1.807) is 0 Å². The molecule has 0 unspecified atom stereocenters.